The van der Waals surface area contributed by atoms with E-state index in [-0.39, 0.29) is 11.4 Å². The lowest BCUT2D eigenvalue weighted by Crippen LogP contribution is -2.42. The van der Waals surface area contributed by atoms with Gasteiger partial charge in [0.25, 0.3) is 0 Å². The first-order valence-electron chi connectivity index (χ1n) is 8.67. The first kappa shape index (κ1) is 18.8. The summed E-state index contributed by atoms with van der Waals surface area (Å²) in [5.41, 5.74) is 0.754. The van der Waals surface area contributed by atoms with Gasteiger partial charge in [-0.1, -0.05) is 30.3 Å². The minimum atomic E-state index is -4.51. The van der Waals surface area contributed by atoms with E-state index >= 15 is 0 Å². The van der Waals surface area contributed by atoms with Crippen molar-refractivity contribution in [3.63, 3.8) is 0 Å². The van der Waals surface area contributed by atoms with Crippen molar-refractivity contribution in [2.24, 2.45) is 0 Å². The quantitative estimate of drug-likeness (QED) is 0.651. The summed E-state index contributed by atoms with van der Waals surface area (Å²) in [6.07, 6.45) is -2.62. The Morgan fingerprint density at radius 2 is 1.54 bits per heavy atom. The molecular formula is C20H17F3N2O2S. The Kier molecular flexibility index (Phi) is 4.55. The summed E-state index contributed by atoms with van der Waals surface area (Å²) in [7, 11) is -3.99. The molecule has 0 aliphatic carbocycles. The van der Waals surface area contributed by atoms with E-state index < -0.39 is 27.8 Å². The molecule has 0 unspecified atom stereocenters. The zero-order chi connectivity index (χ0) is 19.9. The topological polar surface area (TPSA) is 42.3 Å². The Morgan fingerprint density at radius 1 is 0.857 bits per heavy atom. The number of rotatable bonds is 3. The van der Waals surface area contributed by atoms with Crippen molar-refractivity contribution in [1.82, 2.24) is 8.87 Å². The molecule has 0 bridgehead atoms. The van der Waals surface area contributed by atoms with Gasteiger partial charge in [-0.2, -0.15) is 17.5 Å². The summed E-state index contributed by atoms with van der Waals surface area (Å²) in [4.78, 5) is -0.151. The Morgan fingerprint density at radius 3 is 2.18 bits per heavy atom. The van der Waals surface area contributed by atoms with Gasteiger partial charge in [-0.15, -0.1) is 0 Å². The SMILES string of the molecule is O=S(=O)(c1ccc(C(F)(F)F)cc1)N1CCn2cccc2[C@H]1c1ccccc1. The normalized spacial score (nSPS) is 18.0. The van der Waals surface area contributed by atoms with Crippen molar-refractivity contribution < 1.29 is 21.6 Å². The minimum Gasteiger partial charge on any atom is -0.348 e. The first-order chi connectivity index (χ1) is 13.3. The fraction of sp³-hybridized carbons (Fsp3) is 0.200. The van der Waals surface area contributed by atoms with Crippen molar-refractivity contribution in [2.75, 3.05) is 6.54 Å². The van der Waals surface area contributed by atoms with E-state index in [0.717, 1.165) is 35.5 Å². The maximum atomic E-state index is 13.3. The molecule has 0 saturated heterocycles. The molecule has 0 radical (unpaired) electrons. The van der Waals surface area contributed by atoms with Crippen LogP contribution in [0.3, 0.4) is 0 Å². The van der Waals surface area contributed by atoms with E-state index in [2.05, 4.69) is 0 Å². The molecule has 1 aliphatic heterocycles. The minimum absolute atomic E-state index is 0.151. The highest BCUT2D eigenvalue weighted by Crippen LogP contribution is 2.37. The van der Waals surface area contributed by atoms with E-state index in [9.17, 15) is 21.6 Å². The van der Waals surface area contributed by atoms with Crippen LogP contribution in [0.2, 0.25) is 0 Å². The standard InChI is InChI=1S/C20H17F3N2O2S/c21-20(22,23)16-8-10-17(11-9-16)28(26,27)25-14-13-24-12-4-7-18(24)19(25)15-5-2-1-3-6-15/h1-12,19H,13-14H2/t19-/m1/s1. The summed E-state index contributed by atoms with van der Waals surface area (Å²) in [5, 5.41) is 0. The molecule has 3 aromatic rings. The van der Waals surface area contributed by atoms with Gasteiger partial charge in [-0.25, -0.2) is 8.42 Å². The van der Waals surface area contributed by atoms with Crippen molar-refractivity contribution in [3.05, 3.63) is 89.7 Å². The molecule has 1 aliphatic rings. The number of aromatic nitrogens is 1. The van der Waals surface area contributed by atoms with Gasteiger partial charge in [-0.05, 0) is 42.0 Å². The summed E-state index contributed by atoms with van der Waals surface area (Å²) in [6.45, 7) is 0.704. The fourth-order valence-corrected chi connectivity index (χ4v) is 5.12. The number of hydrogen-bond acceptors (Lipinski definition) is 2. The van der Waals surface area contributed by atoms with Crippen molar-refractivity contribution in [3.8, 4) is 0 Å². The monoisotopic (exact) mass is 406 g/mol. The molecule has 28 heavy (non-hydrogen) atoms. The molecule has 2 heterocycles. The second-order valence-corrected chi connectivity index (χ2v) is 8.47. The Hall–Kier alpha value is -2.58. The molecule has 4 nitrogen and oxygen atoms in total. The van der Waals surface area contributed by atoms with Gasteiger partial charge in [0, 0.05) is 25.0 Å². The average molecular weight is 406 g/mol. The number of alkyl halides is 3. The van der Waals surface area contributed by atoms with E-state index in [4.69, 9.17) is 0 Å². The van der Waals surface area contributed by atoms with Crippen molar-refractivity contribution in [1.29, 1.82) is 0 Å². The fourth-order valence-electron chi connectivity index (χ4n) is 3.54. The molecule has 8 heteroatoms. The summed E-state index contributed by atoms with van der Waals surface area (Å²) in [5.74, 6) is 0. The molecule has 0 fully saturated rings. The van der Waals surface area contributed by atoms with Crippen LogP contribution in [0.5, 0.6) is 0 Å². The van der Waals surface area contributed by atoms with Crippen LogP contribution in [0.1, 0.15) is 22.9 Å². The highest BCUT2D eigenvalue weighted by Gasteiger charge is 2.38. The van der Waals surface area contributed by atoms with Crippen LogP contribution in [-0.4, -0.2) is 23.8 Å². The Balaban J connectivity index is 1.78. The number of sulfonamides is 1. The van der Waals surface area contributed by atoms with Gasteiger partial charge < -0.3 is 4.57 Å². The van der Waals surface area contributed by atoms with Gasteiger partial charge in [0.2, 0.25) is 10.0 Å². The summed E-state index contributed by atoms with van der Waals surface area (Å²) >= 11 is 0. The van der Waals surface area contributed by atoms with Gasteiger partial charge in [0.1, 0.15) is 0 Å². The van der Waals surface area contributed by atoms with E-state index in [0.29, 0.717) is 6.54 Å². The largest absolute Gasteiger partial charge is 0.416 e. The molecule has 0 N–H and O–H groups in total. The third-order valence-corrected chi connectivity index (χ3v) is 6.78. The molecule has 4 rings (SSSR count). The molecule has 1 atom stereocenters. The molecule has 0 amide bonds. The molecular weight excluding hydrogens is 389 g/mol. The van der Waals surface area contributed by atoms with Crippen LogP contribution in [0.4, 0.5) is 13.2 Å². The maximum Gasteiger partial charge on any atom is 0.416 e. The maximum absolute atomic E-state index is 13.3. The third-order valence-electron chi connectivity index (χ3n) is 4.90. The number of fused-ring (bicyclic) bond motifs is 1. The number of nitrogens with zero attached hydrogens (tertiary/aromatic N) is 2. The lowest BCUT2D eigenvalue weighted by molar-refractivity contribution is -0.137. The molecule has 1 aromatic heterocycles. The van der Waals surface area contributed by atoms with E-state index in [1.165, 1.54) is 4.31 Å². The predicted octanol–water partition coefficient (Wildman–Crippen LogP) is 4.30. The molecule has 0 saturated carbocycles. The average Bonchev–Trinajstić information content (AvgIpc) is 3.16. The van der Waals surface area contributed by atoms with Gasteiger partial charge in [-0.3, -0.25) is 0 Å². The van der Waals surface area contributed by atoms with E-state index in [1.54, 1.807) is 0 Å². The molecule has 0 spiro atoms. The highest BCUT2D eigenvalue weighted by atomic mass is 32.2. The molecule has 2 aromatic carbocycles. The number of halogens is 3. The number of hydrogen-bond donors (Lipinski definition) is 0. The van der Waals surface area contributed by atoms with E-state index in [1.807, 2.05) is 53.2 Å². The lowest BCUT2D eigenvalue weighted by atomic mass is 10.0. The van der Waals surface area contributed by atoms with Crippen molar-refractivity contribution >= 4 is 10.0 Å². The van der Waals surface area contributed by atoms with Crippen LogP contribution < -0.4 is 0 Å². The van der Waals surface area contributed by atoms with Crippen LogP contribution in [0.25, 0.3) is 0 Å². The Labute approximate surface area is 160 Å². The highest BCUT2D eigenvalue weighted by molar-refractivity contribution is 7.89. The summed E-state index contributed by atoms with van der Waals surface area (Å²) in [6, 6.07) is 16.0. The molecule has 146 valence electrons. The Bertz CT molecular complexity index is 1070. The second kappa shape index (κ2) is 6.79. The van der Waals surface area contributed by atoms with Gasteiger partial charge in [0.15, 0.2) is 0 Å². The van der Waals surface area contributed by atoms with Gasteiger partial charge >= 0.3 is 6.18 Å². The zero-order valence-corrected chi connectivity index (χ0v) is 15.5. The van der Waals surface area contributed by atoms with Crippen LogP contribution in [0, 0.1) is 0 Å². The predicted molar refractivity (Wildman–Crippen MR) is 98.1 cm³/mol. The van der Waals surface area contributed by atoms with Crippen LogP contribution >= 0.6 is 0 Å². The van der Waals surface area contributed by atoms with Crippen LogP contribution in [0.15, 0.2) is 77.8 Å². The number of benzene rings is 2. The smallest absolute Gasteiger partial charge is 0.348 e. The third kappa shape index (κ3) is 3.22. The first-order valence-corrected chi connectivity index (χ1v) is 10.1. The second-order valence-electron chi connectivity index (χ2n) is 6.58. The van der Waals surface area contributed by atoms with Crippen molar-refractivity contribution in [2.45, 2.75) is 23.7 Å². The lowest BCUT2D eigenvalue weighted by Gasteiger charge is -2.36. The van der Waals surface area contributed by atoms with Crippen LogP contribution in [-0.2, 0) is 22.7 Å². The summed E-state index contributed by atoms with van der Waals surface area (Å²) < 4.78 is 68.4. The van der Waals surface area contributed by atoms with Gasteiger partial charge in [0.05, 0.1) is 16.5 Å². The zero-order valence-electron chi connectivity index (χ0n) is 14.7.